The van der Waals surface area contributed by atoms with Crippen LogP contribution in [0.25, 0.3) is 0 Å². The van der Waals surface area contributed by atoms with Crippen LogP contribution in [0.4, 0.5) is 17.5 Å². The highest BCUT2D eigenvalue weighted by molar-refractivity contribution is 9.10. The fourth-order valence-electron chi connectivity index (χ4n) is 1.69. The lowest BCUT2D eigenvalue weighted by molar-refractivity contribution is 0.827. The Bertz CT molecular complexity index is 573. The molecule has 0 radical (unpaired) electrons. The maximum Gasteiger partial charge on any atom is 0.249 e. The van der Waals surface area contributed by atoms with Gasteiger partial charge in [0.1, 0.15) is 0 Å². The van der Waals surface area contributed by atoms with Gasteiger partial charge in [-0.1, -0.05) is 29.3 Å². The highest BCUT2D eigenvalue weighted by atomic mass is 79.9. The summed E-state index contributed by atoms with van der Waals surface area (Å²) in [5.41, 5.74) is 2.10. The molecule has 0 amide bonds. The summed E-state index contributed by atoms with van der Waals surface area (Å²) in [5, 5.41) is 14.3. The number of halogens is 1. The van der Waals surface area contributed by atoms with E-state index in [4.69, 9.17) is 0 Å². The zero-order valence-electron chi connectivity index (χ0n) is 11.7. The normalized spacial score (nSPS) is 10.3. The van der Waals surface area contributed by atoms with Crippen LogP contribution in [0.2, 0.25) is 0 Å². The molecule has 0 saturated heterocycles. The molecule has 0 fully saturated rings. The standard InChI is InChI=1S/C14H18BrN5/c1-3-4-7-16-13-9-17-20-14(19-13)18-11-5-6-12(15)10(2)8-11/h5-6,8-9H,3-4,7H2,1-2H3,(H2,16,18,19,20). The molecule has 0 aliphatic rings. The molecule has 1 heterocycles. The molecule has 0 saturated carbocycles. The average molecular weight is 336 g/mol. The van der Waals surface area contributed by atoms with E-state index >= 15 is 0 Å². The molecule has 6 heteroatoms. The Balaban J connectivity index is 2.05. The van der Waals surface area contributed by atoms with E-state index in [0.717, 1.165) is 40.9 Å². The number of nitrogens with zero attached hydrogens (tertiary/aromatic N) is 3. The molecule has 0 atom stereocenters. The highest BCUT2D eigenvalue weighted by Crippen LogP contribution is 2.21. The highest BCUT2D eigenvalue weighted by Gasteiger charge is 2.02. The van der Waals surface area contributed by atoms with E-state index in [2.05, 4.69) is 48.7 Å². The SMILES string of the molecule is CCCCNc1cnnc(Nc2ccc(Br)c(C)c2)n1. The van der Waals surface area contributed by atoms with E-state index in [9.17, 15) is 0 Å². The Kier molecular flexibility index (Phi) is 5.29. The number of aryl methyl sites for hydroxylation is 1. The van der Waals surface area contributed by atoms with Crippen molar-refractivity contribution in [1.82, 2.24) is 15.2 Å². The van der Waals surface area contributed by atoms with Crippen molar-refractivity contribution in [1.29, 1.82) is 0 Å². The molecule has 5 nitrogen and oxygen atoms in total. The second-order valence-electron chi connectivity index (χ2n) is 4.53. The van der Waals surface area contributed by atoms with Gasteiger partial charge < -0.3 is 10.6 Å². The van der Waals surface area contributed by atoms with Crippen molar-refractivity contribution in [2.75, 3.05) is 17.2 Å². The Morgan fingerprint density at radius 3 is 2.90 bits per heavy atom. The maximum atomic E-state index is 4.38. The van der Waals surface area contributed by atoms with Gasteiger partial charge >= 0.3 is 0 Å². The van der Waals surface area contributed by atoms with Crippen molar-refractivity contribution in [2.24, 2.45) is 0 Å². The molecular formula is C14H18BrN5. The van der Waals surface area contributed by atoms with Gasteiger partial charge in [-0.3, -0.25) is 0 Å². The number of rotatable bonds is 6. The van der Waals surface area contributed by atoms with Gasteiger partial charge in [-0.15, -0.1) is 5.10 Å². The van der Waals surface area contributed by atoms with Crippen LogP contribution in [0.15, 0.2) is 28.9 Å². The minimum atomic E-state index is 0.494. The number of benzene rings is 1. The molecule has 20 heavy (non-hydrogen) atoms. The van der Waals surface area contributed by atoms with E-state index in [1.54, 1.807) is 6.20 Å². The minimum absolute atomic E-state index is 0.494. The van der Waals surface area contributed by atoms with Gasteiger partial charge in [0.2, 0.25) is 5.95 Å². The number of nitrogens with one attached hydrogen (secondary N) is 2. The summed E-state index contributed by atoms with van der Waals surface area (Å²) in [6.45, 7) is 5.09. The van der Waals surface area contributed by atoms with Crippen LogP contribution in [0.5, 0.6) is 0 Å². The van der Waals surface area contributed by atoms with Crippen LogP contribution in [0.3, 0.4) is 0 Å². The molecule has 1 aromatic heterocycles. The van der Waals surface area contributed by atoms with Gasteiger partial charge in [0.05, 0.1) is 6.20 Å². The zero-order chi connectivity index (χ0) is 14.4. The summed E-state index contributed by atoms with van der Waals surface area (Å²) in [7, 11) is 0. The zero-order valence-corrected chi connectivity index (χ0v) is 13.2. The van der Waals surface area contributed by atoms with Gasteiger partial charge in [-0.05, 0) is 37.1 Å². The van der Waals surface area contributed by atoms with Crippen LogP contribution in [-0.4, -0.2) is 21.7 Å². The number of hydrogen-bond donors (Lipinski definition) is 2. The first-order valence-electron chi connectivity index (χ1n) is 6.66. The van der Waals surface area contributed by atoms with Crippen molar-refractivity contribution >= 4 is 33.4 Å². The lowest BCUT2D eigenvalue weighted by atomic mass is 10.2. The monoisotopic (exact) mass is 335 g/mol. The number of unbranched alkanes of at least 4 members (excludes halogenated alkanes) is 1. The summed E-state index contributed by atoms with van der Waals surface area (Å²) in [4.78, 5) is 4.38. The quantitative estimate of drug-likeness (QED) is 0.784. The summed E-state index contributed by atoms with van der Waals surface area (Å²) >= 11 is 3.48. The van der Waals surface area contributed by atoms with Crippen molar-refractivity contribution in [2.45, 2.75) is 26.7 Å². The van der Waals surface area contributed by atoms with Crippen molar-refractivity contribution in [3.05, 3.63) is 34.4 Å². The Morgan fingerprint density at radius 2 is 2.15 bits per heavy atom. The summed E-state index contributed by atoms with van der Waals surface area (Å²) in [6, 6.07) is 6.00. The van der Waals surface area contributed by atoms with Crippen molar-refractivity contribution in [3.63, 3.8) is 0 Å². The molecule has 2 aromatic rings. The molecule has 106 valence electrons. The third kappa shape index (κ3) is 4.16. The molecule has 0 bridgehead atoms. The first-order chi connectivity index (χ1) is 9.69. The smallest absolute Gasteiger partial charge is 0.249 e. The largest absolute Gasteiger partial charge is 0.369 e. The Hall–Kier alpha value is -1.69. The van der Waals surface area contributed by atoms with Gasteiger partial charge in [0, 0.05) is 16.7 Å². The van der Waals surface area contributed by atoms with E-state index in [1.807, 2.05) is 25.1 Å². The predicted molar refractivity (Wildman–Crippen MR) is 85.4 cm³/mol. The van der Waals surface area contributed by atoms with Gasteiger partial charge in [-0.25, -0.2) is 0 Å². The summed E-state index contributed by atoms with van der Waals surface area (Å²) in [5.74, 6) is 1.23. The molecule has 2 N–H and O–H groups in total. The Labute approximate surface area is 127 Å². The van der Waals surface area contributed by atoms with Crippen LogP contribution in [0.1, 0.15) is 25.3 Å². The molecular weight excluding hydrogens is 318 g/mol. The maximum absolute atomic E-state index is 4.38. The molecule has 0 unspecified atom stereocenters. The lowest BCUT2D eigenvalue weighted by Gasteiger charge is -2.08. The fourth-order valence-corrected chi connectivity index (χ4v) is 1.93. The van der Waals surface area contributed by atoms with Crippen molar-refractivity contribution in [3.8, 4) is 0 Å². The summed E-state index contributed by atoms with van der Waals surface area (Å²) in [6.07, 6.45) is 3.89. The fraction of sp³-hybridized carbons (Fsp3) is 0.357. The number of anilines is 3. The number of hydrogen-bond acceptors (Lipinski definition) is 5. The van der Waals surface area contributed by atoms with E-state index in [1.165, 1.54) is 0 Å². The van der Waals surface area contributed by atoms with E-state index in [-0.39, 0.29) is 0 Å². The van der Waals surface area contributed by atoms with Crippen molar-refractivity contribution < 1.29 is 0 Å². The minimum Gasteiger partial charge on any atom is -0.369 e. The van der Waals surface area contributed by atoms with E-state index in [0.29, 0.717) is 5.95 Å². The molecule has 2 rings (SSSR count). The first kappa shape index (κ1) is 14.7. The molecule has 1 aromatic carbocycles. The van der Waals surface area contributed by atoms with E-state index < -0.39 is 0 Å². The molecule has 0 spiro atoms. The first-order valence-corrected chi connectivity index (χ1v) is 7.45. The average Bonchev–Trinajstić information content (AvgIpc) is 2.44. The van der Waals surface area contributed by atoms with Crippen LogP contribution in [0, 0.1) is 6.92 Å². The molecule has 0 aliphatic carbocycles. The van der Waals surface area contributed by atoms with Crippen LogP contribution in [-0.2, 0) is 0 Å². The van der Waals surface area contributed by atoms with Crippen LogP contribution >= 0.6 is 15.9 Å². The second-order valence-corrected chi connectivity index (χ2v) is 5.39. The topological polar surface area (TPSA) is 62.7 Å². The summed E-state index contributed by atoms with van der Waals surface area (Å²) < 4.78 is 1.08. The van der Waals surface area contributed by atoms with Gasteiger partial charge in [-0.2, -0.15) is 10.1 Å². The molecule has 0 aliphatic heterocycles. The number of aromatic nitrogens is 3. The lowest BCUT2D eigenvalue weighted by Crippen LogP contribution is -2.06. The van der Waals surface area contributed by atoms with Gasteiger partial charge in [0.15, 0.2) is 5.82 Å². The third-order valence-corrected chi connectivity index (χ3v) is 3.70. The predicted octanol–water partition coefficient (Wildman–Crippen LogP) is 3.90. The van der Waals surface area contributed by atoms with Gasteiger partial charge in [0.25, 0.3) is 0 Å². The third-order valence-electron chi connectivity index (χ3n) is 2.81. The van der Waals surface area contributed by atoms with Crippen LogP contribution < -0.4 is 10.6 Å². The Morgan fingerprint density at radius 1 is 1.30 bits per heavy atom. The second kappa shape index (κ2) is 7.19.